The van der Waals surface area contributed by atoms with Crippen molar-refractivity contribution in [2.45, 2.75) is 19.4 Å². The zero-order chi connectivity index (χ0) is 18.5. The van der Waals surface area contributed by atoms with E-state index < -0.39 is 0 Å². The van der Waals surface area contributed by atoms with Crippen molar-refractivity contribution in [1.29, 1.82) is 0 Å². The van der Waals surface area contributed by atoms with Crippen molar-refractivity contribution in [2.75, 3.05) is 25.0 Å². The molecule has 0 unspecified atom stereocenters. The molecule has 0 aromatic heterocycles. The summed E-state index contributed by atoms with van der Waals surface area (Å²) in [6.07, 6.45) is 0.336. The second-order valence-electron chi connectivity index (χ2n) is 6.48. The van der Waals surface area contributed by atoms with Gasteiger partial charge in [-0.3, -0.25) is 14.5 Å². The van der Waals surface area contributed by atoms with E-state index in [-0.39, 0.29) is 24.4 Å². The Bertz CT molecular complexity index is 795. The van der Waals surface area contributed by atoms with Gasteiger partial charge in [0.05, 0.1) is 17.3 Å². The van der Waals surface area contributed by atoms with Crippen molar-refractivity contribution in [2.24, 2.45) is 0 Å². The van der Waals surface area contributed by atoms with Crippen molar-refractivity contribution >= 4 is 29.1 Å². The van der Waals surface area contributed by atoms with Crippen molar-refractivity contribution in [3.8, 4) is 0 Å². The Kier molecular flexibility index (Phi) is 5.91. The largest absolute Gasteiger partial charge is 0.355 e. The van der Waals surface area contributed by atoms with Crippen LogP contribution in [0.4, 0.5) is 5.69 Å². The third-order valence-electron chi connectivity index (χ3n) is 4.47. The van der Waals surface area contributed by atoms with Crippen LogP contribution >= 0.6 is 11.6 Å². The summed E-state index contributed by atoms with van der Waals surface area (Å²) in [4.78, 5) is 26.6. The molecule has 2 amide bonds. The van der Waals surface area contributed by atoms with E-state index in [9.17, 15) is 9.59 Å². The van der Waals surface area contributed by atoms with Crippen LogP contribution in [0.1, 0.15) is 23.6 Å². The first kappa shape index (κ1) is 18.4. The number of anilines is 1. The quantitative estimate of drug-likeness (QED) is 0.867. The van der Waals surface area contributed by atoms with Gasteiger partial charge in [-0.25, -0.2) is 0 Å². The Morgan fingerprint density at radius 3 is 2.77 bits per heavy atom. The topological polar surface area (TPSA) is 61.4 Å². The van der Waals surface area contributed by atoms with E-state index in [1.165, 1.54) is 0 Å². The van der Waals surface area contributed by atoms with Crippen LogP contribution in [0.3, 0.4) is 0 Å². The lowest BCUT2D eigenvalue weighted by molar-refractivity contribution is -0.122. The van der Waals surface area contributed by atoms with Gasteiger partial charge >= 0.3 is 0 Å². The lowest BCUT2D eigenvalue weighted by Gasteiger charge is -2.28. The fraction of sp³-hybridized carbons (Fsp3) is 0.300. The maximum Gasteiger partial charge on any atom is 0.238 e. The number of halogens is 1. The number of hydrogen-bond donors (Lipinski definition) is 2. The molecule has 3 rings (SSSR count). The van der Waals surface area contributed by atoms with E-state index in [0.717, 1.165) is 11.1 Å². The second-order valence-corrected chi connectivity index (χ2v) is 6.89. The van der Waals surface area contributed by atoms with E-state index in [2.05, 4.69) is 10.6 Å². The lowest BCUT2D eigenvalue weighted by atomic mass is 10.0. The summed E-state index contributed by atoms with van der Waals surface area (Å²) in [5.74, 6) is -0.144. The van der Waals surface area contributed by atoms with Crippen LogP contribution in [-0.2, 0) is 9.59 Å². The average Bonchev–Trinajstić information content (AvgIpc) is 2.80. The number of benzene rings is 2. The van der Waals surface area contributed by atoms with E-state index >= 15 is 0 Å². The minimum Gasteiger partial charge on any atom is -0.355 e. The number of hydrogen-bond acceptors (Lipinski definition) is 3. The van der Waals surface area contributed by atoms with E-state index in [1.807, 2.05) is 54.3 Å². The highest BCUT2D eigenvalue weighted by molar-refractivity contribution is 6.33. The Morgan fingerprint density at radius 2 is 2.04 bits per heavy atom. The van der Waals surface area contributed by atoms with E-state index in [1.54, 1.807) is 6.07 Å². The number of rotatable bonds is 4. The molecule has 136 valence electrons. The third kappa shape index (κ3) is 4.62. The van der Waals surface area contributed by atoms with Crippen LogP contribution in [0, 0.1) is 6.92 Å². The molecule has 1 saturated heterocycles. The maximum absolute atomic E-state index is 12.6. The first-order valence-electron chi connectivity index (χ1n) is 8.64. The zero-order valence-corrected chi connectivity index (χ0v) is 15.4. The van der Waals surface area contributed by atoms with Crippen LogP contribution in [0.15, 0.2) is 48.5 Å². The van der Waals surface area contributed by atoms with Crippen LogP contribution in [0.5, 0.6) is 0 Å². The maximum atomic E-state index is 12.6. The molecule has 2 aromatic carbocycles. The molecule has 1 atom stereocenters. The summed E-state index contributed by atoms with van der Waals surface area (Å²) in [6, 6.07) is 15.2. The Labute approximate surface area is 158 Å². The van der Waals surface area contributed by atoms with Crippen molar-refractivity contribution in [3.63, 3.8) is 0 Å². The molecule has 5 nitrogen and oxygen atoms in total. The fourth-order valence-corrected chi connectivity index (χ4v) is 3.44. The molecule has 1 aliphatic heterocycles. The zero-order valence-electron chi connectivity index (χ0n) is 14.7. The Balaban J connectivity index is 1.74. The smallest absolute Gasteiger partial charge is 0.238 e. The molecule has 1 heterocycles. The molecule has 6 heteroatoms. The predicted molar refractivity (Wildman–Crippen MR) is 103 cm³/mol. The summed E-state index contributed by atoms with van der Waals surface area (Å²) in [5, 5.41) is 6.27. The predicted octanol–water partition coefficient (Wildman–Crippen LogP) is 3.15. The number of aryl methyl sites for hydroxylation is 1. The summed E-state index contributed by atoms with van der Waals surface area (Å²) < 4.78 is 0. The first-order chi connectivity index (χ1) is 12.5. The van der Waals surface area contributed by atoms with Crippen molar-refractivity contribution in [1.82, 2.24) is 10.2 Å². The van der Waals surface area contributed by atoms with Crippen LogP contribution in [-0.4, -0.2) is 36.3 Å². The van der Waals surface area contributed by atoms with Gasteiger partial charge in [-0.2, -0.15) is 0 Å². The van der Waals surface area contributed by atoms with Gasteiger partial charge in [-0.1, -0.05) is 48.0 Å². The minimum absolute atomic E-state index is 0.00309. The summed E-state index contributed by atoms with van der Waals surface area (Å²) >= 11 is 6.20. The standard InChI is InChI=1S/C20H22ClN3O2/c1-14-7-8-17(16(21)11-14)23-20(26)13-24-10-9-22-19(25)12-18(24)15-5-3-2-4-6-15/h2-8,11,18H,9-10,12-13H2,1H3,(H,22,25)(H,23,26)/t18-/m0/s1. The Morgan fingerprint density at radius 1 is 1.27 bits per heavy atom. The normalized spacial score (nSPS) is 18.1. The summed E-state index contributed by atoms with van der Waals surface area (Å²) in [5.41, 5.74) is 2.67. The number of amides is 2. The number of nitrogens with one attached hydrogen (secondary N) is 2. The molecule has 2 aromatic rings. The van der Waals surface area contributed by atoms with Gasteiger partial charge in [-0.15, -0.1) is 0 Å². The van der Waals surface area contributed by atoms with Crippen molar-refractivity contribution < 1.29 is 9.59 Å². The molecule has 1 aliphatic rings. The number of carbonyl (C=O) groups is 2. The number of nitrogens with zero attached hydrogens (tertiary/aromatic N) is 1. The van der Waals surface area contributed by atoms with Gasteiger partial charge in [0.15, 0.2) is 0 Å². The fourth-order valence-electron chi connectivity index (χ4n) is 3.16. The highest BCUT2D eigenvalue weighted by atomic mass is 35.5. The molecule has 0 aliphatic carbocycles. The lowest BCUT2D eigenvalue weighted by Crippen LogP contribution is -2.37. The highest BCUT2D eigenvalue weighted by Crippen LogP contribution is 2.26. The molecule has 1 fully saturated rings. The first-order valence-corrected chi connectivity index (χ1v) is 9.02. The van der Waals surface area contributed by atoms with Crippen LogP contribution < -0.4 is 10.6 Å². The molecule has 0 bridgehead atoms. The second kappa shape index (κ2) is 8.34. The summed E-state index contributed by atoms with van der Waals surface area (Å²) in [6.45, 7) is 3.28. The van der Waals surface area contributed by atoms with Gasteiger partial charge in [-0.05, 0) is 30.2 Å². The molecule has 0 radical (unpaired) electrons. The molecule has 0 spiro atoms. The van der Waals surface area contributed by atoms with Crippen LogP contribution in [0.25, 0.3) is 0 Å². The van der Waals surface area contributed by atoms with Gasteiger partial charge in [0, 0.05) is 25.6 Å². The Hall–Kier alpha value is -2.37. The van der Waals surface area contributed by atoms with E-state index in [0.29, 0.717) is 30.2 Å². The van der Waals surface area contributed by atoms with Gasteiger partial charge in [0.2, 0.25) is 11.8 Å². The summed E-state index contributed by atoms with van der Waals surface area (Å²) in [7, 11) is 0. The van der Waals surface area contributed by atoms with Crippen molar-refractivity contribution in [3.05, 3.63) is 64.7 Å². The minimum atomic E-state index is -0.147. The molecular weight excluding hydrogens is 350 g/mol. The van der Waals surface area contributed by atoms with E-state index in [4.69, 9.17) is 11.6 Å². The highest BCUT2D eigenvalue weighted by Gasteiger charge is 2.27. The number of carbonyl (C=O) groups excluding carboxylic acids is 2. The van der Waals surface area contributed by atoms with Crippen LogP contribution in [0.2, 0.25) is 5.02 Å². The average molecular weight is 372 g/mol. The van der Waals surface area contributed by atoms with Gasteiger partial charge in [0.1, 0.15) is 0 Å². The SMILES string of the molecule is Cc1ccc(NC(=O)CN2CCNC(=O)C[C@H]2c2ccccc2)c(Cl)c1. The molecular formula is C20H22ClN3O2. The molecule has 0 saturated carbocycles. The van der Waals surface area contributed by atoms with Gasteiger partial charge < -0.3 is 10.6 Å². The monoisotopic (exact) mass is 371 g/mol. The molecule has 2 N–H and O–H groups in total. The molecule has 26 heavy (non-hydrogen) atoms. The third-order valence-corrected chi connectivity index (χ3v) is 4.78. The van der Waals surface area contributed by atoms with Gasteiger partial charge in [0.25, 0.3) is 0 Å².